The second-order valence-electron chi connectivity index (χ2n) is 6.04. The molecule has 0 radical (unpaired) electrons. The number of hydrogen-bond acceptors (Lipinski definition) is 3. The van der Waals surface area contributed by atoms with Crippen LogP contribution in [0.15, 0.2) is 47.1 Å². The Morgan fingerprint density at radius 3 is 2.32 bits per heavy atom. The smallest absolute Gasteiger partial charge is 0.287 e. The van der Waals surface area contributed by atoms with Crippen LogP contribution in [-0.4, -0.2) is 18.4 Å². The Morgan fingerprint density at radius 1 is 1.09 bits per heavy atom. The molecule has 22 heavy (non-hydrogen) atoms. The average molecular weight is 300 g/mol. The molecule has 0 fully saturated rings. The van der Waals surface area contributed by atoms with Crippen LogP contribution in [0.2, 0.25) is 0 Å². The van der Waals surface area contributed by atoms with Crippen molar-refractivity contribution in [1.82, 2.24) is 5.32 Å². The summed E-state index contributed by atoms with van der Waals surface area (Å²) in [5.74, 6) is -0.519. The zero-order valence-corrected chi connectivity index (χ0v) is 13.0. The first-order chi connectivity index (χ1) is 10.4. The quantitative estimate of drug-likeness (QED) is 0.912. The molecule has 2 rings (SSSR count). The van der Waals surface area contributed by atoms with E-state index in [1.54, 1.807) is 12.1 Å². The number of anilines is 1. The van der Waals surface area contributed by atoms with Gasteiger partial charge in [0.1, 0.15) is 0 Å². The van der Waals surface area contributed by atoms with E-state index in [-0.39, 0.29) is 23.6 Å². The molecule has 2 N–H and O–H groups in total. The first-order valence-corrected chi connectivity index (χ1v) is 7.08. The zero-order valence-electron chi connectivity index (χ0n) is 13.0. The summed E-state index contributed by atoms with van der Waals surface area (Å²) in [7, 11) is 0. The number of benzene rings is 1. The fraction of sp³-hybridized carbons (Fsp3) is 0.294. The summed E-state index contributed by atoms with van der Waals surface area (Å²) in [5, 5.41) is 5.23. The van der Waals surface area contributed by atoms with E-state index in [4.69, 9.17) is 4.42 Å². The number of carbonyl (C=O) groups is 2. The van der Waals surface area contributed by atoms with Crippen LogP contribution in [0.1, 0.15) is 36.9 Å². The third-order valence-corrected chi connectivity index (χ3v) is 3.19. The summed E-state index contributed by atoms with van der Waals surface area (Å²) in [4.78, 5) is 23.4. The van der Waals surface area contributed by atoms with Crippen LogP contribution in [0.5, 0.6) is 0 Å². The minimum absolute atomic E-state index is 0.0690. The molecule has 116 valence electrons. The second kappa shape index (κ2) is 6.47. The Labute approximate surface area is 129 Å². The Hall–Kier alpha value is -2.56. The van der Waals surface area contributed by atoms with Crippen molar-refractivity contribution in [2.75, 3.05) is 11.9 Å². The molecule has 0 unspecified atom stereocenters. The predicted octanol–water partition coefficient (Wildman–Crippen LogP) is 2.95. The first-order valence-electron chi connectivity index (χ1n) is 7.08. The van der Waals surface area contributed by atoms with Crippen LogP contribution in [0, 0.1) is 0 Å². The van der Waals surface area contributed by atoms with Gasteiger partial charge in [0, 0.05) is 5.69 Å². The number of carbonyl (C=O) groups excluding carboxylic acids is 2. The van der Waals surface area contributed by atoms with Crippen LogP contribution in [0.25, 0.3) is 0 Å². The van der Waals surface area contributed by atoms with Crippen molar-refractivity contribution < 1.29 is 14.0 Å². The van der Waals surface area contributed by atoms with Gasteiger partial charge in [-0.25, -0.2) is 0 Å². The molecule has 5 nitrogen and oxygen atoms in total. The van der Waals surface area contributed by atoms with Gasteiger partial charge in [0.2, 0.25) is 5.91 Å². The third-order valence-electron chi connectivity index (χ3n) is 3.19. The maximum absolute atomic E-state index is 11.8. The largest absolute Gasteiger partial charge is 0.459 e. The SMILES string of the molecule is CC(C)(C)c1ccc(NC(=O)CNC(=O)c2ccco2)cc1. The van der Waals surface area contributed by atoms with Crippen molar-refractivity contribution in [3.63, 3.8) is 0 Å². The Morgan fingerprint density at radius 2 is 1.77 bits per heavy atom. The third kappa shape index (κ3) is 4.22. The van der Waals surface area contributed by atoms with Crippen molar-refractivity contribution in [3.05, 3.63) is 54.0 Å². The van der Waals surface area contributed by atoms with E-state index in [2.05, 4.69) is 31.4 Å². The topological polar surface area (TPSA) is 71.3 Å². The molecule has 0 spiro atoms. The van der Waals surface area contributed by atoms with Crippen LogP contribution in [0.4, 0.5) is 5.69 Å². The average Bonchev–Trinajstić information content (AvgIpc) is 2.98. The van der Waals surface area contributed by atoms with Crippen molar-refractivity contribution >= 4 is 17.5 Å². The lowest BCUT2D eigenvalue weighted by Gasteiger charge is -2.19. The van der Waals surface area contributed by atoms with Gasteiger partial charge >= 0.3 is 0 Å². The highest BCUT2D eigenvalue weighted by Gasteiger charge is 2.13. The molecule has 0 bridgehead atoms. The zero-order chi connectivity index (χ0) is 16.2. The van der Waals surface area contributed by atoms with E-state index >= 15 is 0 Å². The van der Waals surface area contributed by atoms with Crippen molar-refractivity contribution in [2.24, 2.45) is 0 Å². The molecule has 0 aliphatic carbocycles. The minimum atomic E-state index is -0.414. The van der Waals surface area contributed by atoms with Crippen LogP contribution < -0.4 is 10.6 Å². The van der Waals surface area contributed by atoms with E-state index < -0.39 is 5.91 Å². The Balaban J connectivity index is 1.86. The lowest BCUT2D eigenvalue weighted by Crippen LogP contribution is -2.32. The van der Waals surface area contributed by atoms with Gasteiger partial charge in [-0.1, -0.05) is 32.9 Å². The van der Waals surface area contributed by atoms with E-state index in [0.717, 1.165) is 0 Å². The van der Waals surface area contributed by atoms with E-state index in [0.29, 0.717) is 5.69 Å². The highest BCUT2D eigenvalue weighted by atomic mass is 16.3. The summed E-state index contributed by atoms with van der Waals surface area (Å²) < 4.78 is 4.95. The fourth-order valence-electron chi connectivity index (χ4n) is 1.91. The second-order valence-corrected chi connectivity index (χ2v) is 6.04. The first kappa shape index (κ1) is 15.8. The van der Waals surface area contributed by atoms with Gasteiger partial charge in [-0.15, -0.1) is 0 Å². The molecule has 2 aromatic rings. The predicted molar refractivity (Wildman–Crippen MR) is 84.8 cm³/mol. The fourth-order valence-corrected chi connectivity index (χ4v) is 1.91. The van der Waals surface area contributed by atoms with E-state index in [1.165, 1.54) is 11.8 Å². The molecule has 0 atom stereocenters. The maximum Gasteiger partial charge on any atom is 0.287 e. The number of amides is 2. The molecule has 0 saturated carbocycles. The van der Waals surface area contributed by atoms with Crippen molar-refractivity contribution in [3.8, 4) is 0 Å². The standard InChI is InChI=1S/C17H20N2O3/c1-17(2,3)12-6-8-13(9-7-12)19-15(20)11-18-16(21)14-5-4-10-22-14/h4-10H,11H2,1-3H3,(H,18,21)(H,19,20). The summed E-state index contributed by atoms with van der Waals surface area (Å²) in [6.45, 7) is 6.28. The highest BCUT2D eigenvalue weighted by molar-refractivity contribution is 5.97. The lowest BCUT2D eigenvalue weighted by atomic mass is 9.87. The monoisotopic (exact) mass is 300 g/mol. The van der Waals surface area contributed by atoms with Gasteiger partial charge in [-0.3, -0.25) is 9.59 Å². The van der Waals surface area contributed by atoms with E-state index in [1.807, 2.05) is 24.3 Å². The van der Waals surface area contributed by atoms with Gasteiger partial charge in [-0.2, -0.15) is 0 Å². The number of hydrogen-bond donors (Lipinski definition) is 2. The molecule has 1 aromatic carbocycles. The normalized spacial score (nSPS) is 11.0. The molecule has 1 heterocycles. The van der Waals surface area contributed by atoms with Crippen molar-refractivity contribution in [1.29, 1.82) is 0 Å². The molecule has 5 heteroatoms. The van der Waals surface area contributed by atoms with Crippen LogP contribution in [0.3, 0.4) is 0 Å². The van der Waals surface area contributed by atoms with Crippen LogP contribution in [-0.2, 0) is 10.2 Å². The summed E-state index contributed by atoms with van der Waals surface area (Å²) in [5.41, 5.74) is 1.96. The molecule has 0 aliphatic rings. The van der Waals surface area contributed by atoms with E-state index in [9.17, 15) is 9.59 Å². The molecule has 0 saturated heterocycles. The Kier molecular flexibility index (Phi) is 4.65. The van der Waals surface area contributed by atoms with Gasteiger partial charge in [0.25, 0.3) is 5.91 Å². The van der Waals surface area contributed by atoms with Gasteiger partial charge in [0.05, 0.1) is 12.8 Å². The molecular weight excluding hydrogens is 280 g/mol. The molecular formula is C17H20N2O3. The number of rotatable bonds is 4. The molecule has 1 aromatic heterocycles. The molecule has 0 aliphatic heterocycles. The van der Waals surface area contributed by atoms with Gasteiger partial charge in [0.15, 0.2) is 5.76 Å². The summed E-state index contributed by atoms with van der Waals surface area (Å²) >= 11 is 0. The molecule has 2 amide bonds. The maximum atomic E-state index is 11.8. The highest BCUT2D eigenvalue weighted by Crippen LogP contribution is 2.23. The minimum Gasteiger partial charge on any atom is -0.459 e. The van der Waals surface area contributed by atoms with Crippen molar-refractivity contribution in [2.45, 2.75) is 26.2 Å². The van der Waals surface area contributed by atoms with Crippen LogP contribution >= 0.6 is 0 Å². The summed E-state index contributed by atoms with van der Waals surface area (Å²) in [6, 6.07) is 10.8. The number of nitrogens with one attached hydrogen (secondary N) is 2. The number of furan rings is 1. The lowest BCUT2D eigenvalue weighted by molar-refractivity contribution is -0.115. The van der Waals surface area contributed by atoms with Gasteiger partial charge < -0.3 is 15.1 Å². The summed E-state index contributed by atoms with van der Waals surface area (Å²) in [6.07, 6.45) is 1.41. The van der Waals surface area contributed by atoms with Gasteiger partial charge in [-0.05, 0) is 35.2 Å². The Bertz CT molecular complexity index is 638.